The van der Waals surface area contributed by atoms with Crippen molar-refractivity contribution < 1.29 is 0 Å². The van der Waals surface area contributed by atoms with E-state index >= 15 is 0 Å². The Labute approximate surface area is 78.0 Å². The van der Waals surface area contributed by atoms with Gasteiger partial charge in [0.15, 0.2) is 0 Å². The second kappa shape index (κ2) is 3.99. The molecule has 1 aliphatic rings. The zero-order valence-corrected chi connectivity index (χ0v) is 7.43. The van der Waals surface area contributed by atoms with Gasteiger partial charge in [-0.2, -0.15) is 0 Å². The molecule has 0 aliphatic heterocycles. The van der Waals surface area contributed by atoms with Crippen LogP contribution in [0.25, 0.3) is 0 Å². The van der Waals surface area contributed by atoms with E-state index in [0.29, 0.717) is 5.92 Å². The summed E-state index contributed by atoms with van der Waals surface area (Å²) in [5, 5.41) is 0. The third kappa shape index (κ3) is 2.25. The molecule has 2 heteroatoms. The van der Waals surface area contributed by atoms with E-state index in [0.717, 1.165) is 18.7 Å². The third-order valence-corrected chi connectivity index (χ3v) is 2.13. The Bertz CT molecular complexity index is 314. The minimum absolute atomic E-state index is 0.576. The van der Waals surface area contributed by atoms with Crippen LogP contribution < -0.4 is 0 Å². The lowest BCUT2D eigenvalue weighted by molar-refractivity contribution is 0.627. The van der Waals surface area contributed by atoms with Crippen molar-refractivity contribution in [2.45, 2.75) is 12.8 Å². The van der Waals surface area contributed by atoms with Crippen LogP contribution in [0.2, 0.25) is 0 Å². The molecule has 0 fully saturated rings. The number of hydrogen-bond acceptors (Lipinski definition) is 2. The van der Waals surface area contributed by atoms with E-state index in [1.54, 1.807) is 12.4 Å². The smallest absolute Gasteiger partial charge is 0.128 e. The first kappa shape index (κ1) is 8.17. The fraction of sp³-hybridized carbons (Fsp3) is 0.273. The van der Waals surface area contributed by atoms with Gasteiger partial charge in [-0.1, -0.05) is 24.3 Å². The van der Waals surface area contributed by atoms with Gasteiger partial charge in [-0.05, 0) is 18.4 Å². The standard InChI is InChI=1S/C11H12N2/c1-2-5-10(6-3-1)9-11-12-7-4-8-13-11/h1-5,7-8,10H,6,9H2. The highest BCUT2D eigenvalue weighted by atomic mass is 14.8. The molecule has 1 atom stereocenters. The lowest BCUT2D eigenvalue weighted by atomic mass is 9.97. The average molecular weight is 172 g/mol. The van der Waals surface area contributed by atoms with Crippen LogP contribution in [0.1, 0.15) is 12.2 Å². The van der Waals surface area contributed by atoms with E-state index in [-0.39, 0.29) is 0 Å². The minimum Gasteiger partial charge on any atom is -0.241 e. The molecule has 0 bridgehead atoms. The van der Waals surface area contributed by atoms with Crippen molar-refractivity contribution in [1.29, 1.82) is 0 Å². The fourth-order valence-electron chi connectivity index (χ4n) is 1.45. The van der Waals surface area contributed by atoms with Crippen LogP contribution >= 0.6 is 0 Å². The normalized spacial score (nSPS) is 20.5. The van der Waals surface area contributed by atoms with Gasteiger partial charge < -0.3 is 0 Å². The van der Waals surface area contributed by atoms with E-state index in [1.165, 1.54) is 0 Å². The van der Waals surface area contributed by atoms with E-state index in [1.807, 2.05) is 6.07 Å². The maximum Gasteiger partial charge on any atom is 0.128 e. The Morgan fingerprint density at radius 2 is 2.08 bits per heavy atom. The molecule has 1 aromatic heterocycles. The summed E-state index contributed by atoms with van der Waals surface area (Å²) in [4.78, 5) is 8.41. The largest absolute Gasteiger partial charge is 0.241 e. The molecule has 66 valence electrons. The van der Waals surface area contributed by atoms with Crippen molar-refractivity contribution in [3.05, 3.63) is 48.6 Å². The second-order valence-corrected chi connectivity index (χ2v) is 3.18. The summed E-state index contributed by atoms with van der Waals surface area (Å²) in [6.07, 6.45) is 14.2. The van der Waals surface area contributed by atoms with Gasteiger partial charge in [0.2, 0.25) is 0 Å². The van der Waals surface area contributed by atoms with Crippen molar-refractivity contribution in [2.24, 2.45) is 5.92 Å². The number of allylic oxidation sites excluding steroid dienone is 4. The summed E-state index contributed by atoms with van der Waals surface area (Å²) < 4.78 is 0. The number of aromatic nitrogens is 2. The van der Waals surface area contributed by atoms with E-state index in [9.17, 15) is 0 Å². The lowest BCUT2D eigenvalue weighted by Gasteiger charge is -2.10. The van der Waals surface area contributed by atoms with Crippen LogP contribution in [-0.4, -0.2) is 9.97 Å². The highest BCUT2D eigenvalue weighted by Gasteiger charge is 2.07. The first-order chi connectivity index (χ1) is 6.45. The molecule has 2 nitrogen and oxygen atoms in total. The Morgan fingerprint density at radius 1 is 1.23 bits per heavy atom. The van der Waals surface area contributed by atoms with Gasteiger partial charge in [-0.15, -0.1) is 0 Å². The van der Waals surface area contributed by atoms with Gasteiger partial charge in [-0.3, -0.25) is 0 Å². The summed E-state index contributed by atoms with van der Waals surface area (Å²) >= 11 is 0. The molecule has 1 aliphatic carbocycles. The van der Waals surface area contributed by atoms with E-state index < -0.39 is 0 Å². The highest BCUT2D eigenvalue weighted by Crippen LogP contribution is 2.14. The predicted octanol–water partition coefficient (Wildman–Crippen LogP) is 2.15. The Morgan fingerprint density at radius 3 is 2.77 bits per heavy atom. The van der Waals surface area contributed by atoms with Crippen molar-refractivity contribution >= 4 is 0 Å². The molecule has 1 aromatic rings. The molecule has 1 heterocycles. The molecule has 0 radical (unpaired) electrons. The van der Waals surface area contributed by atoms with Gasteiger partial charge in [0.1, 0.15) is 5.82 Å². The Kier molecular flexibility index (Phi) is 2.51. The Balaban J connectivity index is 1.99. The summed E-state index contributed by atoms with van der Waals surface area (Å²) in [7, 11) is 0. The summed E-state index contributed by atoms with van der Waals surface area (Å²) in [6.45, 7) is 0. The third-order valence-electron chi connectivity index (χ3n) is 2.13. The molecule has 0 saturated carbocycles. The molecular weight excluding hydrogens is 160 g/mol. The monoisotopic (exact) mass is 172 g/mol. The summed E-state index contributed by atoms with van der Waals surface area (Å²) in [6, 6.07) is 1.85. The molecule has 0 aromatic carbocycles. The second-order valence-electron chi connectivity index (χ2n) is 3.18. The van der Waals surface area contributed by atoms with Crippen LogP contribution in [0.4, 0.5) is 0 Å². The molecule has 2 rings (SSSR count). The maximum absolute atomic E-state index is 4.20. The molecule has 1 unspecified atom stereocenters. The minimum atomic E-state index is 0.576. The van der Waals surface area contributed by atoms with Gasteiger partial charge in [0.25, 0.3) is 0 Å². The van der Waals surface area contributed by atoms with Gasteiger partial charge in [0, 0.05) is 18.8 Å². The quantitative estimate of drug-likeness (QED) is 0.683. The van der Waals surface area contributed by atoms with Crippen LogP contribution in [0.15, 0.2) is 42.8 Å². The molecule has 0 amide bonds. The number of hydrogen-bond donors (Lipinski definition) is 0. The number of nitrogens with zero attached hydrogens (tertiary/aromatic N) is 2. The topological polar surface area (TPSA) is 25.8 Å². The highest BCUT2D eigenvalue weighted by molar-refractivity contribution is 5.12. The zero-order valence-electron chi connectivity index (χ0n) is 7.43. The lowest BCUT2D eigenvalue weighted by Crippen LogP contribution is -2.05. The summed E-state index contributed by atoms with van der Waals surface area (Å²) in [5.74, 6) is 1.51. The van der Waals surface area contributed by atoms with Crippen LogP contribution in [0.3, 0.4) is 0 Å². The van der Waals surface area contributed by atoms with Crippen LogP contribution in [-0.2, 0) is 6.42 Å². The zero-order chi connectivity index (χ0) is 8.93. The number of rotatable bonds is 2. The molecule has 0 saturated heterocycles. The van der Waals surface area contributed by atoms with Gasteiger partial charge in [0.05, 0.1) is 0 Å². The van der Waals surface area contributed by atoms with Crippen molar-refractivity contribution in [3.8, 4) is 0 Å². The first-order valence-corrected chi connectivity index (χ1v) is 4.54. The predicted molar refractivity (Wildman–Crippen MR) is 52.1 cm³/mol. The van der Waals surface area contributed by atoms with E-state index in [4.69, 9.17) is 0 Å². The average Bonchev–Trinajstić information content (AvgIpc) is 2.21. The molecular formula is C11H12N2. The van der Waals surface area contributed by atoms with E-state index in [2.05, 4.69) is 34.3 Å². The molecule has 0 N–H and O–H groups in total. The first-order valence-electron chi connectivity index (χ1n) is 4.54. The maximum atomic E-state index is 4.20. The molecule has 0 spiro atoms. The van der Waals surface area contributed by atoms with Crippen molar-refractivity contribution in [2.75, 3.05) is 0 Å². The van der Waals surface area contributed by atoms with Crippen LogP contribution in [0, 0.1) is 5.92 Å². The van der Waals surface area contributed by atoms with Gasteiger partial charge in [-0.25, -0.2) is 9.97 Å². The van der Waals surface area contributed by atoms with Crippen LogP contribution in [0.5, 0.6) is 0 Å². The van der Waals surface area contributed by atoms with Crippen molar-refractivity contribution in [1.82, 2.24) is 9.97 Å². The summed E-state index contributed by atoms with van der Waals surface area (Å²) in [5.41, 5.74) is 0. The SMILES string of the molecule is C1=CCC(Cc2ncccn2)C=C1. The Hall–Kier alpha value is -1.44. The molecule has 13 heavy (non-hydrogen) atoms. The fourth-order valence-corrected chi connectivity index (χ4v) is 1.45. The van der Waals surface area contributed by atoms with Crippen molar-refractivity contribution in [3.63, 3.8) is 0 Å². The van der Waals surface area contributed by atoms with Gasteiger partial charge >= 0.3 is 0 Å².